The molecule has 0 spiro atoms. The van der Waals surface area contributed by atoms with Gasteiger partial charge in [0.1, 0.15) is 0 Å². The lowest BCUT2D eigenvalue weighted by Crippen LogP contribution is -2.57. The van der Waals surface area contributed by atoms with Gasteiger partial charge in [0.25, 0.3) is 5.91 Å². The first kappa shape index (κ1) is 15.4. The predicted molar refractivity (Wildman–Crippen MR) is 87.0 cm³/mol. The molecule has 1 aromatic heterocycles. The Balaban J connectivity index is 1.78. The number of hydrogen-bond acceptors (Lipinski definition) is 4. The quantitative estimate of drug-likeness (QED) is 0.918. The van der Waals surface area contributed by atoms with Crippen molar-refractivity contribution in [2.24, 2.45) is 0 Å². The van der Waals surface area contributed by atoms with Gasteiger partial charge in [-0.1, -0.05) is 18.2 Å². The molecular formula is C17H19N3O3. The van der Waals surface area contributed by atoms with Gasteiger partial charge in [-0.05, 0) is 19.1 Å². The lowest BCUT2D eigenvalue weighted by Gasteiger charge is -2.38. The van der Waals surface area contributed by atoms with E-state index in [9.17, 15) is 9.59 Å². The second-order valence-electron chi connectivity index (χ2n) is 5.89. The van der Waals surface area contributed by atoms with Gasteiger partial charge in [-0.2, -0.15) is 0 Å². The fourth-order valence-electron chi connectivity index (χ4n) is 2.68. The number of aromatic nitrogens is 1. The molecule has 6 heteroatoms. The fraction of sp³-hybridized carbons (Fsp3) is 0.353. The van der Waals surface area contributed by atoms with Crippen LogP contribution in [0.25, 0.3) is 10.9 Å². The highest BCUT2D eigenvalue weighted by Crippen LogP contribution is 2.22. The van der Waals surface area contributed by atoms with Crippen molar-refractivity contribution in [3.05, 3.63) is 36.5 Å². The number of nitrogens with zero attached hydrogens (tertiary/aromatic N) is 2. The summed E-state index contributed by atoms with van der Waals surface area (Å²) in [4.78, 5) is 30.1. The number of amides is 2. The summed E-state index contributed by atoms with van der Waals surface area (Å²) >= 11 is 0. The van der Waals surface area contributed by atoms with Crippen LogP contribution in [0.4, 0.5) is 5.69 Å². The Bertz CT molecular complexity index is 762. The van der Waals surface area contributed by atoms with Crippen LogP contribution in [0.1, 0.15) is 13.8 Å². The molecule has 120 valence electrons. The summed E-state index contributed by atoms with van der Waals surface area (Å²) in [5.41, 5.74) is 0.419. The second kappa shape index (κ2) is 5.96. The Morgan fingerprint density at radius 2 is 2.13 bits per heavy atom. The van der Waals surface area contributed by atoms with Crippen LogP contribution in [0.3, 0.4) is 0 Å². The molecule has 1 fully saturated rings. The standard InChI is InChI=1S/C17H19N3O3/c1-12(21)20-7-8-23-17(2,11-20)16(22)19-14-9-13-5-3-4-6-15(13)18-10-14/h3-6,9-10H,7-8,11H2,1-2H3,(H,19,22)/t17-/m1/s1. The SMILES string of the molecule is CC(=O)N1CCO[C@@](C)(C(=O)Nc2cnc3ccccc3c2)C1. The highest BCUT2D eigenvalue weighted by molar-refractivity contribution is 5.98. The Kier molecular flexibility index (Phi) is 4.00. The van der Waals surface area contributed by atoms with Crippen LogP contribution in [-0.2, 0) is 14.3 Å². The van der Waals surface area contributed by atoms with Crippen molar-refractivity contribution in [1.29, 1.82) is 0 Å². The average Bonchev–Trinajstić information content (AvgIpc) is 2.54. The van der Waals surface area contributed by atoms with Gasteiger partial charge >= 0.3 is 0 Å². The number of benzene rings is 1. The van der Waals surface area contributed by atoms with Crippen molar-refractivity contribution < 1.29 is 14.3 Å². The number of ether oxygens (including phenoxy) is 1. The third-order valence-electron chi connectivity index (χ3n) is 4.05. The van der Waals surface area contributed by atoms with Gasteiger partial charge < -0.3 is 15.0 Å². The third-order valence-corrected chi connectivity index (χ3v) is 4.05. The third kappa shape index (κ3) is 3.17. The monoisotopic (exact) mass is 313 g/mol. The Morgan fingerprint density at radius 3 is 2.91 bits per heavy atom. The number of hydrogen-bond donors (Lipinski definition) is 1. The van der Waals surface area contributed by atoms with E-state index in [1.165, 1.54) is 6.92 Å². The van der Waals surface area contributed by atoms with Crippen LogP contribution in [0.2, 0.25) is 0 Å². The zero-order valence-electron chi connectivity index (χ0n) is 13.2. The predicted octanol–water partition coefficient (Wildman–Crippen LogP) is 1.81. The molecule has 0 aliphatic carbocycles. The Morgan fingerprint density at radius 1 is 1.35 bits per heavy atom. The van der Waals surface area contributed by atoms with Crippen molar-refractivity contribution in [2.75, 3.05) is 25.0 Å². The average molecular weight is 313 g/mol. The smallest absolute Gasteiger partial charge is 0.258 e. The van der Waals surface area contributed by atoms with Gasteiger partial charge in [-0.3, -0.25) is 14.6 Å². The number of carbonyl (C=O) groups excluding carboxylic acids is 2. The first-order chi connectivity index (χ1) is 11.0. The number of carbonyl (C=O) groups is 2. The van der Waals surface area contributed by atoms with Crippen molar-refractivity contribution in [3.63, 3.8) is 0 Å². The van der Waals surface area contributed by atoms with Crippen molar-refractivity contribution in [3.8, 4) is 0 Å². The highest BCUT2D eigenvalue weighted by atomic mass is 16.5. The molecule has 1 aliphatic rings. The lowest BCUT2D eigenvalue weighted by molar-refractivity contribution is -0.158. The van der Waals surface area contributed by atoms with Gasteiger partial charge in [0, 0.05) is 18.9 Å². The van der Waals surface area contributed by atoms with E-state index in [1.807, 2.05) is 30.3 Å². The summed E-state index contributed by atoms with van der Waals surface area (Å²) in [6.07, 6.45) is 1.62. The maximum Gasteiger partial charge on any atom is 0.258 e. The molecule has 23 heavy (non-hydrogen) atoms. The molecule has 0 radical (unpaired) electrons. The van der Waals surface area contributed by atoms with E-state index in [1.54, 1.807) is 18.0 Å². The summed E-state index contributed by atoms with van der Waals surface area (Å²) < 4.78 is 5.64. The number of rotatable bonds is 2. The number of para-hydroxylation sites is 1. The molecule has 2 amide bonds. The summed E-state index contributed by atoms with van der Waals surface area (Å²) in [5.74, 6) is -0.333. The molecule has 1 atom stereocenters. The van der Waals surface area contributed by atoms with Crippen LogP contribution >= 0.6 is 0 Å². The van der Waals surface area contributed by atoms with E-state index in [0.29, 0.717) is 18.8 Å². The minimum Gasteiger partial charge on any atom is -0.362 e. The largest absolute Gasteiger partial charge is 0.362 e. The highest BCUT2D eigenvalue weighted by Gasteiger charge is 2.40. The molecule has 0 unspecified atom stereocenters. The van der Waals surface area contributed by atoms with Gasteiger partial charge in [0.05, 0.1) is 30.6 Å². The molecule has 1 N–H and O–H groups in total. The molecule has 6 nitrogen and oxygen atoms in total. The maximum absolute atomic E-state index is 12.6. The van der Waals surface area contributed by atoms with E-state index in [2.05, 4.69) is 10.3 Å². The fourth-order valence-corrected chi connectivity index (χ4v) is 2.68. The lowest BCUT2D eigenvalue weighted by atomic mass is 10.0. The Labute approximate surface area is 134 Å². The van der Waals surface area contributed by atoms with Crippen LogP contribution in [0.15, 0.2) is 36.5 Å². The first-order valence-corrected chi connectivity index (χ1v) is 7.54. The van der Waals surface area contributed by atoms with Crippen LogP contribution in [0, 0.1) is 0 Å². The van der Waals surface area contributed by atoms with Gasteiger partial charge in [-0.25, -0.2) is 0 Å². The maximum atomic E-state index is 12.6. The first-order valence-electron chi connectivity index (χ1n) is 7.54. The summed E-state index contributed by atoms with van der Waals surface area (Å²) in [7, 11) is 0. The molecule has 0 saturated carbocycles. The zero-order chi connectivity index (χ0) is 16.4. The molecule has 1 aliphatic heterocycles. The normalized spacial score (nSPS) is 21.2. The minimum absolute atomic E-state index is 0.0558. The van der Waals surface area contributed by atoms with Crippen molar-refractivity contribution in [2.45, 2.75) is 19.4 Å². The summed E-state index contributed by atoms with van der Waals surface area (Å²) in [6.45, 7) is 4.30. The van der Waals surface area contributed by atoms with E-state index < -0.39 is 5.60 Å². The zero-order valence-corrected chi connectivity index (χ0v) is 13.2. The topological polar surface area (TPSA) is 71.5 Å². The molecule has 0 bridgehead atoms. The summed E-state index contributed by atoms with van der Waals surface area (Å²) in [5, 5.41) is 3.79. The molecule has 3 rings (SSSR count). The van der Waals surface area contributed by atoms with E-state index in [4.69, 9.17) is 4.74 Å². The van der Waals surface area contributed by atoms with Gasteiger partial charge in [0.15, 0.2) is 5.60 Å². The molecule has 1 saturated heterocycles. The second-order valence-corrected chi connectivity index (χ2v) is 5.89. The molecule has 1 aromatic carbocycles. The van der Waals surface area contributed by atoms with Crippen LogP contribution < -0.4 is 5.32 Å². The van der Waals surface area contributed by atoms with Crippen molar-refractivity contribution >= 4 is 28.4 Å². The van der Waals surface area contributed by atoms with Crippen LogP contribution in [0.5, 0.6) is 0 Å². The number of morpholine rings is 1. The number of nitrogens with one attached hydrogen (secondary N) is 1. The molecule has 2 aromatic rings. The van der Waals surface area contributed by atoms with Crippen molar-refractivity contribution in [1.82, 2.24) is 9.88 Å². The van der Waals surface area contributed by atoms with E-state index in [-0.39, 0.29) is 18.4 Å². The van der Waals surface area contributed by atoms with Crippen LogP contribution in [-0.4, -0.2) is 47.0 Å². The summed E-state index contributed by atoms with van der Waals surface area (Å²) in [6, 6.07) is 9.56. The molecule has 2 heterocycles. The number of fused-ring (bicyclic) bond motifs is 1. The number of anilines is 1. The van der Waals surface area contributed by atoms with Gasteiger partial charge in [-0.15, -0.1) is 0 Å². The van der Waals surface area contributed by atoms with E-state index in [0.717, 1.165) is 10.9 Å². The minimum atomic E-state index is -1.06. The number of pyridine rings is 1. The Hall–Kier alpha value is -2.47. The van der Waals surface area contributed by atoms with Gasteiger partial charge in [0.2, 0.25) is 5.91 Å². The van der Waals surface area contributed by atoms with E-state index >= 15 is 0 Å². The molecular weight excluding hydrogens is 294 g/mol.